The first-order valence-electron chi connectivity index (χ1n) is 4.83. The molecule has 1 rings (SSSR count). The van der Waals surface area contributed by atoms with Crippen molar-refractivity contribution in [1.82, 2.24) is 0 Å². The molecule has 0 aromatic rings. The van der Waals surface area contributed by atoms with Crippen molar-refractivity contribution in [2.75, 3.05) is 0 Å². The molecule has 2 heteroatoms. The zero-order valence-corrected chi connectivity index (χ0v) is 8.14. The van der Waals surface area contributed by atoms with Crippen molar-refractivity contribution < 1.29 is 9.53 Å². The van der Waals surface area contributed by atoms with Gasteiger partial charge in [0.25, 0.3) is 0 Å². The van der Waals surface area contributed by atoms with Gasteiger partial charge in [-0.2, -0.15) is 0 Å². The van der Waals surface area contributed by atoms with Crippen LogP contribution in [0.1, 0.15) is 39.0 Å². The molecule has 0 heterocycles. The lowest BCUT2D eigenvalue weighted by molar-refractivity contribution is -0.135. The zero-order valence-electron chi connectivity index (χ0n) is 8.14. The number of hydrogen-bond donors (Lipinski definition) is 0. The van der Waals surface area contributed by atoms with Gasteiger partial charge in [-0.25, -0.2) is 4.79 Å². The van der Waals surface area contributed by atoms with E-state index < -0.39 is 0 Å². The van der Waals surface area contributed by atoms with Crippen LogP contribution in [0.25, 0.3) is 0 Å². The molecule has 0 bridgehead atoms. The van der Waals surface area contributed by atoms with Gasteiger partial charge < -0.3 is 4.74 Å². The zero-order chi connectivity index (χ0) is 9.68. The summed E-state index contributed by atoms with van der Waals surface area (Å²) in [4.78, 5) is 11.3. The first-order valence-corrected chi connectivity index (χ1v) is 4.83. The van der Waals surface area contributed by atoms with Gasteiger partial charge in [0.2, 0.25) is 0 Å². The van der Waals surface area contributed by atoms with Crippen molar-refractivity contribution >= 4 is 5.97 Å². The summed E-state index contributed by atoms with van der Waals surface area (Å²) in [6, 6.07) is 0. The summed E-state index contributed by atoms with van der Waals surface area (Å²) in [5.74, 6) is 0.557. The highest BCUT2D eigenvalue weighted by Crippen LogP contribution is 2.19. The molecule has 0 amide bonds. The SMILES string of the molecule is C=C(CC)C(=O)OC1=CCCCC1. The van der Waals surface area contributed by atoms with E-state index in [-0.39, 0.29) is 5.97 Å². The van der Waals surface area contributed by atoms with E-state index >= 15 is 0 Å². The van der Waals surface area contributed by atoms with Crippen LogP contribution in [0.5, 0.6) is 0 Å². The van der Waals surface area contributed by atoms with Crippen LogP contribution in [0.4, 0.5) is 0 Å². The third-order valence-electron chi connectivity index (χ3n) is 2.19. The Balaban J connectivity index is 2.43. The maximum atomic E-state index is 11.3. The van der Waals surface area contributed by atoms with Crippen molar-refractivity contribution in [3.8, 4) is 0 Å². The van der Waals surface area contributed by atoms with Crippen LogP contribution < -0.4 is 0 Å². The summed E-state index contributed by atoms with van der Waals surface area (Å²) in [6.07, 6.45) is 6.91. The Kier molecular flexibility index (Phi) is 3.74. The molecule has 1 aliphatic rings. The summed E-state index contributed by atoms with van der Waals surface area (Å²) < 4.78 is 5.17. The third kappa shape index (κ3) is 3.05. The van der Waals surface area contributed by atoms with Gasteiger partial charge in [-0.05, 0) is 31.8 Å². The van der Waals surface area contributed by atoms with Crippen molar-refractivity contribution in [2.45, 2.75) is 39.0 Å². The van der Waals surface area contributed by atoms with E-state index in [9.17, 15) is 4.79 Å². The maximum Gasteiger partial charge on any atom is 0.338 e. The number of allylic oxidation sites excluding steroid dienone is 2. The Morgan fingerprint density at radius 2 is 2.38 bits per heavy atom. The van der Waals surface area contributed by atoms with Crippen molar-refractivity contribution in [2.24, 2.45) is 0 Å². The summed E-state index contributed by atoms with van der Waals surface area (Å²) in [5, 5.41) is 0. The second kappa shape index (κ2) is 4.85. The van der Waals surface area contributed by atoms with Gasteiger partial charge in [-0.15, -0.1) is 0 Å². The van der Waals surface area contributed by atoms with Gasteiger partial charge in [0.05, 0.1) is 0 Å². The average Bonchev–Trinajstić information content (AvgIpc) is 2.18. The van der Waals surface area contributed by atoms with Crippen LogP contribution in [0.15, 0.2) is 24.0 Å². The van der Waals surface area contributed by atoms with Crippen LogP contribution in [-0.4, -0.2) is 5.97 Å². The number of ether oxygens (including phenoxy) is 1. The molecular formula is C11H16O2. The predicted octanol–water partition coefficient (Wildman–Crippen LogP) is 2.95. The van der Waals surface area contributed by atoms with E-state index in [0.717, 1.165) is 25.0 Å². The smallest absolute Gasteiger partial charge is 0.338 e. The van der Waals surface area contributed by atoms with Crippen molar-refractivity contribution in [3.63, 3.8) is 0 Å². The standard InChI is InChI=1S/C11H16O2/c1-3-9(2)11(12)13-10-7-5-4-6-8-10/h7H,2-6,8H2,1H3. The maximum absolute atomic E-state index is 11.3. The fourth-order valence-corrected chi connectivity index (χ4v) is 1.24. The highest BCUT2D eigenvalue weighted by Gasteiger charge is 2.11. The molecule has 0 N–H and O–H groups in total. The van der Waals surface area contributed by atoms with Gasteiger partial charge in [-0.3, -0.25) is 0 Å². The Bertz CT molecular complexity index is 238. The van der Waals surface area contributed by atoms with Gasteiger partial charge in [0.1, 0.15) is 5.76 Å². The molecule has 0 unspecified atom stereocenters. The predicted molar refractivity (Wildman–Crippen MR) is 52.1 cm³/mol. The Labute approximate surface area is 79.3 Å². The second-order valence-electron chi connectivity index (χ2n) is 3.26. The van der Waals surface area contributed by atoms with Gasteiger partial charge >= 0.3 is 5.97 Å². The van der Waals surface area contributed by atoms with Gasteiger partial charge in [0, 0.05) is 12.0 Å². The lowest BCUT2D eigenvalue weighted by Gasteiger charge is -2.12. The van der Waals surface area contributed by atoms with Crippen LogP contribution in [-0.2, 0) is 9.53 Å². The minimum Gasteiger partial charge on any atom is -0.428 e. The molecular weight excluding hydrogens is 164 g/mol. The third-order valence-corrected chi connectivity index (χ3v) is 2.19. The molecule has 0 aromatic carbocycles. The summed E-state index contributed by atoms with van der Waals surface area (Å²) in [6.45, 7) is 5.54. The van der Waals surface area contributed by atoms with E-state index in [4.69, 9.17) is 4.74 Å². The van der Waals surface area contributed by atoms with E-state index in [2.05, 4.69) is 6.58 Å². The van der Waals surface area contributed by atoms with E-state index in [0.29, 0.717) is 12.0 Å². The average molecular weight is 180 g/mol. The highest BCUT2D eigenvalue weighted by molar-refractivity contribution is 5.88. The largest absolute Gasteiger partial charge is 0.428 e. The second-order valence-corrected chi connectivity index (χ2v) is 3.26. The number of esters is 1. The fraction of sp³-hybridized carbons (Fsp3) is 0.545. The lowest BCUT2D eigenvalue weighted by atomic mass is 10.1. The highest BCUT2D eigenvalue weighted by atomic mass is 16.5. The molecule has 72 valence electrons. The van der Waals surface area contributed by atoms with E-state index in [1.807, 2.05) is 13.0 Å². The fourth-order valence-electron chi connectivity index (χ4n) is 1.24. The molecule has 1 aliphatic carbocycles. The van der Waals surface area contributed by atoms with Crippen LogP contribution in [0.2, 0.25) is 0 Å². The molecule has 0 spiro atoms. The van der Waals surface area contributed by atoms with E-state index in [1.165, 1.54) is 6.42 Å². The van der Waals surface area contributed by atoms with Crippen molar-refractivity contribution in [3.05, 3.63) is 24.0 Å². The summed E-state index contributed by atoms with van der Waals surface area (Å²) in [7, 11) is 0. The lowest BCUT2D eigenvalue weighted by Crippen LogP contribution is -2.08. The quantitative estimate of drug-likeness (QED) is 0.493. The molecule has 0 atom stereocenters. The number of carbonyl (C=O) groups excluding carboxylic acids is 1. The van der Waals surface area contributed by atoms with Crippen LogP contribution >= 0.6 is 0 Å². The Morgan fingerprint density at radius 3 is 2.92 bits per heavy atom. The molecule has 0 aromatic heterocycles. The Hall–Kier alpha value is -1.05. The van der Waals surface area contributed by atoms with Gasteiger partial charge in [0.15, 0.2) is 0 Å². The van der Waals surface area contributed by atoms with Crippen LogP contribution in [0.3, 0.4) is 0 Å². The Morgan fingerprint density at radius 1 is 1.62 bits per heavy atom. The van der Waals surface area contributed by atoms with Crippen LogP contribution in [0, 0.1) is 0 Å². The summed E-state index contributed by atoms with van der Waals surface area (Å²) in [5.41, 5.74) is 0.548. The monoisotopic (exact) mass is 180 g/mol. The molecule has 0 aliphatic heterocycles. The van der Waals surface area contributed by atoms with Gasteiger partial charge in [-0.1, -0.05) is 13.5 Å². The minimum absolute atomic E-state index is 0.268. The minimum atomic E-state index is -0.268. The molecule has 0 saturated heterocycles. The molecule has 13 heavy (non-hydrogen) atoms. The molecule has 0 fully saturated rings. The number of rotatable bonds is 3. The van der Waals surface area contributed by atoms with Crippen molar-refractivity contribution in [1.29, 1.82) is 0 Å². The number of carbonyl (C=O) groups is 1. The molecule has 2 nitrogen and oxygen atoms in total. The molecule has 0 saturated carbocycles. The summed E-state index contributed by atoms with van der Waals surface area (Å²) >= 11 is 0. The first kappa shape index (κ1) is 10.0. The number of hydrogen-bond acceptors (Lipinski definition) is 2. The topological polar surface area (TPSA) is 26.3 Å². The normalized spacial score (nSPS) is 16.2. The first-order chi connectivity index (χ1) is 6.24. The molecule has 0 radical (unpaired) electrons. The van der Waals surface area contributed by atoms with E-state index in [1.54, 1.807) is 0 Å².